The third kappa shape index (κ3) is 3.21. The number of aromatic nitrogens is 1. The summed E-state index contributed by atoms with van der Waals surface area (Å²) in [6.45, 7) is 1.82. The zero-order chi connectivity index (χ0) is 14.8. The number of rotatable bonds is 5. The SMILES string of the molecule is Cc1cccc(CNS(=O)(=O)c2ccsc2C(=O)O)n1. The Morgan fingerprint density at radius 1 is 1.40 bits per heavy atom. The molecule has 0 bridgehead atoms. The quantitative estimate of drug-likeness (QED) is 0.874. The van der Waals surface area contributed by atoms with Crippen molar-refractivity contribution in [1.29, 1.82) is 0 Å². The summed E-state index contributed by atoms with van der Waals surface area (Å²) >= 11 is 0.874. The van der Waals surface area contributed by atoms with Crippen molar-refractivity contribution in [3.05, 3.63) is 45.9 Å². The zero-order valence-corrected chi connectivity index (χ0v) is 12.2. The minimum atomic E-state index is -3.86. The van der Waals surface area contributed by atoms with Gasteiger partial charge in [-0.15, -0.1) is 11.3 Å². The first-order valence-corrected chi connectivity index (χ1v) is 7.99. The maximum atomic E-state index is 12.1. The van der Waals surface area contributed by atoms with E-state index in [0.717, 1.165) is 17.0 Å². The number of thiophene rings is 1. The van der Waals surface area contributed by atoms with Crippen LogP contribution in [0.2, 0.25) is 0 Å². The maximum absolute atomic E-state index is 12.1. The maximum Gasteiger partial charge on any atom is 0.347 e. The van der Waals surface area contributed by atoms with E-state index in [4.69, 9.17) is 5.11 Å². The largest absolute Gasteiger partial charge is 0.477 e. The van der Waals surface area contributed by atoms with Crippen LogP contribution in [0.5, 0.6) is 0 Å². The van der Waals surface area contributed by atoms with Crippen LogP contribution in [0.3, 0.4) is 0 Å². The minimum absolute atomic E-state index is 0.0128. The molecule has 0 spiro atoms. The molecule has 20 heavy (non-hydrogen) atoms. The van der Waals surface area contributed by atoms with E-state index in [1.165, 1.54) is 11.4 Å². The normalized spacial score (nSPS) is 11.4. The first kappa shape index (κ1) is 14.6. The molecule has 0 aliphatic carbocycles. The van der Waals surface area contributed by atoms with Gasteiger partial charge < -0.3 is 5.11 Å². The fraction of sp³-hybridized carbons (Fsp3) is 0.167. The average Bonchev–Trinajstić information content (AvgIpc) is 2.87. The highest BCUT2D eigenvalue weighted by molar-refractivity contribution is 7.89. The highest BCUT2D eigenvalue weighted by Crippen LogP contribution is 2.21. The Balaban J connectivity index is 2.19. The lowest BCUT2D eigenvalue weighted by Crippen LogP contribution is -2.24. The summed E-state index contributed by atoms with van der Waals surface area (Å²) in [5.41, 5.74) is 1.35. The van der Waals surface area contributed by atoms with Crippen LogP contribution in [-0.2, 0) is 16.6 Å². The molecule has 0 saturated heterocycles. The van der Waals surface area contributed by atoms with Crippen molar-refractivity contribution in [2.75, 3.05) is 0 Å². The number of hydrogen-bond donors (Lipinski definition) is 2. The number of pyridine rings is 1. The van der Waals surface area contributed by atoms with Crippen molar-refractivity contribution in [3.63, 3.8) is 0 Å². The molecule has 106 valence electrons. The molecular formula is C12H12N2O4S2. The molecule has 0 saturated carbocycles. The lowest BCUT2D eigenvalue weighted by molar-refractivity contribution is 0.0698. The molecule has 2 N–H and O–H groups in total. The van der Waals surface area contributed by atoms with Crippen molar-refractivity contribution in [2.45, 2.75) is 18.4 Å². The van der Waals surface area contributed by atoms with Gasteiger partial charge in [0.05, 0.1) is 12.2 Å². The molecule has 8 heteroatoms. The van der Waals surface area contributed by atoms with Gasteiger partial charge in [-0.25, -0.2) is 17.9 Å². The van der Waals surface area contributed by atoms with E-state index >= 15 is 0 Å². The van der Waals surface area contributed by atoms with Crippen LogP contribution in [0.25, 0.3) is 0 Å². The fourth-order valence-electron chi connectivity index (χ4n) is 1.61. The summed E-state index contributed by atoms with van der Waals surface area (Å²) in [4.78, 5) is 14.7. The van der Waals surface area contributed by atoms with E-state index in [0.29, 0.717) is 5.69 Å². The molecule has 6 nitrogen and oxygen atoms in total. The van der Waals surface area contributed by atoms with Gasteiger partial charge in [-0.05, 0) is 30.5 Å². The highest BCUT2D eigenvalue weighted by Gasteiger charge is 2.23. The third-order valence-corrected chi connectivity index (χ3v) is 4.98. The molecule has 0 aromatic carbocycles. The van der Waals surface area contributed by atoms with Crippen LogP contribution in [0.4, 0.5) is 0 Å². The Morgan fingerprint density at radius 2 is 2.15 bits per heavy atom. The Hall–Kier alpha value is -1.77. The Morgan fingerprint density at radius 3 is 2.80 bits per heavy atom. The van der Waals surface area contributed by atoms with Gasteiger partial charge in [0.1, 0.15) is 9.77 Å². The standard InChI is InChI=1S/C12H12N2O4S2/c1-8-3-2-4-9(14-8)7-13-20(17,18)10-5-6-19-11(10)12(15)16/h2-6,13H,7H2,1H3,(H,15,16). The van der Waals surface area contributed by atoms with E-state index in [1.807, 2.05) is 0 Å². The van der Waals surface area contributed by atoms with Gasteiger partial charge in [0.25, 0.3) is 0 Å². The van der Waals surface area contributed by atoms with Crippen LogP contribution in [0.15, 0.2) is 34.5 Å². The predicted molar refractivity (Wildman–Crippen MR) is 74.3 cm³/mol. The molecule has 0 fully saturated rings. The topological polar surface area (TPSA) is 96.4 Å². The van der Waals surface area contributed by atoms with Gasteiger partial charge in [0.15, 0.2) is 0 Å². The first-order valence-electron chi connectivity index (χ1n) is 5.63. The smallest absolute Gasteiger partial charge is 0.347 e. The number of nitrogens with zero attached hydrogens (tertiary/aromatic N) is 1. The van der Waals surface area contributed by atoms with E-state index in [-0.39, 0.29) is 16.3 Å². The summed E-state index contributed by atoms with van der Waals surface area (Å²) in [6, 6.07) is 6.56. The molecule has 0 aliphatic heterocycles. The van der Waals surface area contributed by atoms with Crippen molar-refractivity contribution in [3.8, 4) is 0 Å². The molecule has 2 heterocycles. The Kier molecular flexibility index (Phi) is 4.17. The number of aromatic carboxylic acids is 1. The van der Waals surface area contributed by atoms with E-state index in [9.17, 15) is 13.2 Å². The summed E-state index contributed by atoms with van der Waals surface area (Å²) in [5.74, 6) is -1.26. The van der Waals surface area contributed by atoms with Gasteiger partial charge in [0.2, 0.25) is 10.0 Å². The number of hydrogen-bond acceptors (Lipinski definition) is 5. The van der Waals surface area contributed by atoms with Gasteiger partial charge in [-0.1, -0.05) is 6.07 Å². The molecule has 2 aromatic heterocycles. The Labute approximate surface area is 120 Å². The van der Waals surface area contributed by atoms with E-state index in [1.54, 1.807) is 25.1 Å². The predicted octanol–water partition coefficient (Wildman–Crippen LogP) is 1.63. The van der Waals surface area contributed by atoms with Crippen LogP contribution < -0.4 is 4.72 Å². The number of aryl methyl sites for hydroxylation is 1. The number of sulfonamides is 1. The molecule has 0 unspecified atom stereocenters. The second-order valence-electron chi connectivity index (χ2n) is 4.01. The minimum Gasteiger partial charge on any atom is -0.477 e. The summed E-state index contributed by atoms with van der Waals surface area (Å²) < 4.78 is 26.5. The van der Waals surface area contributed by atoms with Crippen molar-refractivity contribution < 1.29 is 18.3 Å². The molecule has 0 atom stereocenters. The van der Waals surface area contributed by atoms with E-state index in [2.05, 4.69) is 9.71 Å². The van der Waals surface area contributed by atoms with Crippen molar-refractivity contribution in [2.24, 2.45) is 0 Å². The van der Waals surface area contributed by atoms with Crippen molar-refractivity contribution in [1.82, 2.24) is 9.71 Å². The van der Waals surface area contributed by atoms with Gasteiger partial charge in [-0.3, -0.25) is 4.98 Å². The molecule has 0 radical (unpaired) electrons. The number of carbonyl (C=O) groups is 1. The summed E-state index contributed by atoms with van der Waals surface area (Å²) in [7, 11) is -3.86. The van der Waals surface area contributed by atoms with Gasteiger partial charge in [-0.2, -0.15) is 0 Å². The lowest BCUT2D eigenvalue weighted by Gasteiger charge is -2.06. The van der Waals surface area contributed by atoms with Crippen LogP contribution in [-0.4, -0.2) is 24.5 Å². The van der Waals surface area contributed by atoms with Crippen LogP contribution in [0, 0.1) is 6.92 Å². The summed E-state index contributed by atoms with van der Waals surface area (Å²) in [5, 5.41) is 10.4. The van der Waals surface area contributed by atoms with Crippen LogP contribution in [0.1, 0.15) is 21.1 Å². The monoisotopic (exact) mass is 312 g/mol. The number of carboxylic acid groups (broad SMARTS) is 1. The Bertz CT molecular complexity index is 737. The van der Waals surface area contributed by atoms with Gasteiger partial charge >= 0.3 is 5.97 Å². The lowest BCUT2D eigenvalue weighted by atomic mass is 10.3. The number of carboxylic acids is 1. The highest BCUT2D eigenvalue weighted by atomic mass is 32.2. The van der Waals surface area contributed by atoms with Crippen LogP contribution >= 0.6 is 11.3 Å². The van der Waals surface area contributed by atoms with E-state index < -0.39 is 16.0 Å². The molecule has 2 rings (SSSR count). The third-order valence-electron chi connectivity index (χ3n) is 2.50. The molecule has 0 amide bonds. The number of nitrogens with one attached hydrogen (secondary N) is 1. The summed E-state index contributed by atoms with van der Waals surface area (Å²) in [6.07, 6.45) is 0. The second kappa shape index (κ2) is 5.70. The average molecular weight is 312 g/mol. The van der Waals surface area contributed by atoms with Crippen molar-refractivity contribution >= 4 is 27.3 Å². The zero-order valence-electron chi connectivity index (χ0n) is 10.5. The molecule has 2 aromatic rings. The first-order chi connectivity index (χ1) is 9.40. The second-order valence-corrected chi connectivity index (χ2v) is 6.67. The molecular weight excluding hydrogens is 300 g/mol. The molecule has 0 aliphatic rings. The van der Waals surface area contributed by atoms with Gasteiger partial charge in [0, 0.05) is 5.69 Å². The fourth-order valence-corrected chi connectivity index (χ4v) is 3.87.